The molecule has 0 saturated carbocycles. The number of fused-ring (bicyclic) bond motifs is 1. The van der Waals surface area contributed by atoms with Gasteiger partial charge in [0.15, 0.2) is 0 Å². The molecular weight excluding hydrogens is 351 g/mol. The molecule has 1 aromatic carbocycles. The Bertz CT molecular complexity index is 1020. The van der Waals surface area contributed by atoms with E-state index < -0.39 is 0 Å². The van der Waals surface area contributed by atoms with Gasteiger partial charge in [-0.15, -0.1) is 21.5 Å². The molecule has 3 heterocycles. The molecule has 0 saturated heterocycles. The smallest absolute Gasteiger partial charge is 0.138 e. The second kappa shape index (κ2) is 7.17. The number of benzene rings is 1. The third-order valence-corrected chi connectivity index (χ3v) is 5.09. The lowest BCUT2D eigenvalue weighted by atomic mass is 10.1. The molecule has 0 amide bonds. The van der Waals surface area contributed by atoms with Crippen LogP contribution in [0.1, 0.15) is 12.7 Å². The summed E-state index contributed by atoms with van der Waals surface area (Å²) in [5.41, 5.74) is 1.95. The van der Waals surface area contributed by atoms with E-state index >= 15 is 0 Å². The van der Waals surface area contributed by atoms with E-state index in [2.05, 4.69) is 32.4 Å². The Morgan fingerprint density at radius 3 is 2.85 bits per heavy atom. The number of hydrogen-bond acceptors (Lipinski definition) is 6. The first-order chi connectivity index (χ1) is 12.8. The van der Waals surface area contributed by atoms with Crippen LogP contribution in [-0.4, -0.2) is 31.3 Å². The lowest BCUT2D eigenvalue weighted by Gasteiger charge is -2.09. The topological polar surface area (TPSA) is 68.5 Å². The SMILES string of the molecule is CCn1cnnc1CCNc1ncnc2scc(-c3ccc(F)cc3)c12. The summed E-state index contributed by atoms with van der Waals surface area (Å²) < 4.78 is 15.3. The highest BCUT2D eigenvalue weighted by Gasteiger charge is 2.13. The molecule has 0 aliphatic rings. The number of rotatable bonds is 6. The van der Waals surface area contributed by atoms with Crippen molar-refractivity contribution in [2.45, 2.75) is 19.9 Å². The maximum atomic E-state index is 13.2. The summed E-state index contributed by atoms with van der Waals surface area (Å²) in [5, 5.41) is 14.5. The van der Waals surface area contributed by atoms with Crippen LogP contribution in [0, 0.1) is 5.82 Å². The van der Waals surface area contributed by atoms with Gasteiger partial charge < -0.3 is 9.88 Å². The van der Waals surface area contributed by atoms with Crippen LogP contribution in [0.5, 0.6) is 0 Å². The van der Waals surface area contributed by atoms with Crippen molar-refractivity contribution in [1.82, 2.24) is 24.7 Å². The Labute approximate surface area is 153 Å². The molecule has 4 rings (SSSR count). The summed E-state index contributed by atoms with van der Waals surface area (Å²) in [6, 6.07) is 6.48. The standard InChI is InChI=1S/C18H17FN6S/c1-2-25-11-23-24-15(25)7-8-20-17-16-14(9-26-18(16)22-10-21-17)12-3-5-13(19)6-4-12/h3-6,9-11H,2,7-8H2,1H3,(H,20,21,22). The molecule has 26 heavy (non-hydrogen) atoms. The summed E-state index contributed by atoms with van der Waals surface area (Å²) >= 11 is 1.55. The molecule has 8 heteroatoms. The maximum absolute atomic E-state index is 13.2. The van der Waals surface area contributed by atoms with Crippen molar-refractivity contribution in [3.8, 4) is 11.1 Å². The first-order valence-corrected chi connectivity index (χ1v) is 9.23. The first kappa shape index (κ1) is 16.6. The number of anilines is 1. The molecule has 0 unspecified atom stereocenters. The van der Waals surface area contributed by atoms with Gasteiger partial charge in [-0.2, -0.15) is 0 Å². The normalized spacial score (nSPS) is 11.2. The van der Waals surface area contributed by atoms with Crippen LogP contribution < -0.4 is 5.32 Å². The Balaban J connectivity index is 1.61. The molecule has 0 spiro atoms. The van der Waals surface area contributed by atoms with E-state index in [-0.39, 0.29) is 5.82 Å². The van der Waals surface area contributed by atoms with Crippen molar-refractivity contribution in [2.24, 2.45) is 0 Å². The van der Waals surface area contributed by atoms with Crippen LogP contribution in [0.3, 0.4) is 0 Å². The molecule has 0 fully saturated rings. The Hall–Kier alpha value is -2.87. The quantitative estimate of drug-likeness (QED) is 0.561. The average Bonchev–Trinajstić information content (AvgIpc) is 3.29. The third-order valence-electron chi connectivity index (χ3n) is 4.20. The molecule has 1 N–H and O–H groups in total. The molecule has 3 aromatic heterocycles. The van der Waals surface area contributed by atoms with E-state index in [0.29, 0.717) is 6.54 Å². The van der Waals surface area contributed by atoms with E-state index in [1.165, 1.54) is 12.1 Å². The van der Waals surface area contributed by atoms with E-state index in [0.717, 1.165) is 46.0 Å². The minimum atomic E-state index is -0.247. The number of halogens is 1. The molecule has 6 nitrogen and oxygen atoms in total. The maximum Gasteiger partial charge on any atom is 0.138 e. The first-order valence-electron chi connectivity index (χ1n) is 8.35. The Kier molecular flexibility index (Phi) is 4.57. The fourth-order valence-electron chi connectivity index (χ4n) is 2.88. The van der Waals surface area contributed by atoms with E-state index in [1.807, 2.05) is 9.95 Å². The minimum absolute atomic E-state index is 0.247. The zero-order chi connectivity index (χ0) is 17.9. The number of nitrogens with one attached hydrogen (secondary N) is 1. The van der Waals surface area contributed by atoms with Gasteiger partial charge in [0, 0.05) is 30.5 Å². The van der Waals surface area contributed by atoms with Crippen molar-refractivity contribution in [2.75, 3.05) is 11.9 Å². The third kappa shape index (κ3) is 3.15. The van der Waals surface area contributed by atoms with Gasteiger partial charge in [-0.25, -0.2) is 14.4 Å². The fraction of sp³-hybridized carbons (Fsp3) is 0.222. The Morgan fingerprint density at radius 1 is 1.19 bits per heavy atom. The summed E-state index contributed by atoms with van der Waals surface area (Å²) in [6.07, 6.45) is 4.04. The minimum Gasteiger partial charge on any atom is -0.369 e. The van der Waals surface area contributed by atoms with Crippen molar-refractivity contribution < 1.29 is 4.39 Å². The van der Waals surface area contributed by atoms with E-state index in [9.17, 15) is 4.39 Å². The molecule has 0 aliphatic heterocycles. The summed E-state index contributed by atoms with van der Waals surface area (Å²) in [5.74, 6) is 1.47. The molecule has 4 aromatic rings. The highest BCUT2D eigenvalue weighted by atomic mass is 32.1. The zero-order valence-corrected chi connectivity index (χ0v) is 15.0. The monoisotopic (exact) mass is 368 g/mol. The fourth-order valence-corrected chi connectivity index (χ4v) is 3.80. The van der Waals surface area contributed by atoms with Crippen LogP contribution in [0.25, 0.3) is 21.3 Å². The number of thiophene rings is 1. The van der Waals surface area contributed by atoms with Crippen LogP contribution in [-0.2, 0) is 13.0 Å². The predicted octanol–water partition coefficient (Wildman–Crippen LogP) is 3.76. The van der Waals surface area contributed by atoms with Gasteiger partial charge in [0.25, 0.3) is 0 Å². The van der Waals surface area contributed by atoms with Crippen LogP contribution in [0.2, 0.25) is 0 Å². The summed E-state index contributed by atoms with van der Waals surface area (Å²) in [6.45, 7) is 3.59. The van der Waals surface area contributed by atoms with Gasteiger partial charge in [-0.05, 0) is 24.6 Å². The van der Waals surface area contributed by atoms with Gasteiger partial charge in [-0.3, -0.25) is 0 Å². The number of nitrogens with zero attached hydrogens (tertiary/aromatic N) is 5. The highest BCUT2D eigenvalue weighted by Crippen LogP contribution is 2.36. The number of aromatic nitrogens is 5. The molecule has 0 aliphatic carbocycles. The van der Waals surface area contributed by atoms with E-state index in [1.54, 1.807) is 36.1 Å². The van der Waals surface area contributed by atoms with Crippen molar-refractivity contribution in [3.63, 3.8) is 0 Å². The van der Waals surface area contributed by atoms with Gasteiger partial charge >= 0.3 is 0 Å². The second-order valence-electron chi connectivity index (χ2n) is 5.77. The van der Waals surface area contributed by atoms with Crippen molar-refractivity contribution in [3.05, 3.63) is 53.9 Å². The van der Waals surface area contributed by atoms with Gasteiger partial charge in [-0.1, -0.05) is 12.1 Å². The lowest BCUT2D eigenvalue weighted by molar-refractivity contribution is 0.628. The average molecular weight is 368 g/mol. The van der Waals surface area contributed by atoms with Crippen LogP contribution in [0.15, 0.2) is 42.3 Å². The Morgan fingerprint density at radius 2 is 2.04 bits per heavy atom. The van der Waals surface area contributed by atoms with E-state index in [4.69, 9.17) is 0 Å². The number of hydrogen-bond donors (Lipinski definition) is 1. The van der Waals surface area contributed by atoms with Crippen LogP contribution >= 0.6 is 11.3 Å². The van der Waals surface area contributed by atoms with Crippen molar-refractivity contribution in [1.29, 1.82) is 0 Å². The summed E-state index contributed by atoms with van der Waals surface area (Å²) in [4.78, 5) is 9.67. The van der Waals surface area contributed by atoms with Gasteiger partial charge in [0.1, 0.15) is 34.9 Å². The van der Waals surface area contributed by atoms with Gasteiger partial charge in [0.05, 0.1) is 5.39 Å². The largest absolute Gasteiger partial charge is 0.369 e. The predicted molar refractivity (Wildman–Crippen MR) is 101 cm³/mol. The highest BCUT2D eigenvalue weighted by molar-refractivity contribution is 7.17. The zero-order valence-electron chi connectivity index (χ0n) is 14.2. The number of aryl methyl sites for hydroxylation is 1. The van der Waals surface area contributed by atoms with Crippen molar-refractivity contribution >= 4 is 27.4 Å². The molecule has 0 atom stereocenters. The lowest BCUT2D eigenvalue weighted by Crippen LogP contribution is -2.11. The van der Waals surface area contributed by atoms with Crippen LogP contribution in [0.4, 0.5) is 10.2 Å². The molecule has 0 bridgehead atoms. The molecule has 132 valence electrons. The summed E-state index contributed by atoms with van der Waals surface area (Å²) in [7, 11) is 0. The molecular formula is C18H17FN6S. The van der Waals surface area contributed by atoms with Gasteiger partial charge in [0.2, 0.25) is 0 Å². The second-order valence-corrected chi connectivity index (χ2v) is 6.63. The molecule has 0 radical (unpaired) electrons.